The zero-order chi connectivity index (χ0) is 22.1. The largest absolute Gasteiger partial charge is 0.351 e. The van der Waals surface area contributed by atoms with Crippen LogP contribution < -0.4 is 15.1 Å². The number of hydrogen-bond donors (Lipinski definition) is 1. The lowest BCUT2D eigenvalue weighted by Gasteiger charge is -2.20. The van der Waals surface area contributed by atoms with Gasteiger partial charge in [-0.05, 0) is 60.4 Å². The number of nitrogens with zero attached hydrogens (tertiary/aromatic N) is 2. The molecule has 1 unspecified atom stereocenters. The minimum absolute atomic E-state index is 0.0834. The summed E-state index contributed by atoms with van der Waals surface area (Å²) in [6.07, 6.45) is 1.60. The van der Waals surface area contributed by atoms with Crippen LogP contribution in [0.5, 0.6) is 0 Å². The molecule has 0 spiro atoms. The van der Waals surface area contributed by atoms with E-state index in [4.69, 9.17) is 11.6 Å². The third-order valence-corrected chi connectivity index (χ3v) is 6.00. The van der Waals surface area contributed by atoms with Gasteiger partial charge >= 0.3 is 0 Å². The third kappa shape index (κ3) is 4.28. The molecular formula is C23H23ClFN3O3. The quantitative estimate of drug-likeness (QED) is 0.719. The van der Waals surface area contributed by atoms with Crippen molar-refractivity contribution < 1.29 is 18.8 Å². The molecule has 0 radical (unpaired) electrons. The van der Waals surface area contributed by atoms with E-state index in [-0.39, 0.29) is 29.3 Å². The van der Waals surface area contributed by atoms with Crippen LogP contribution in [0.1, 0.15) is 30.9 Å². The van der Waals surface area contributed by atoms with Crippen LogP contribution in [-0.4, -0.2) is 30.8 Å². The second-order valence-electron chi connectivity index (χ2n) is 7.79. The highest BCUT2D eigenvalue weighted by molar-refractivity contribution is 6.30. The van der Waals surface area contributed by atoms with Crippen LogP contribution in [0, 0.1) is 11.7 Å². The van der Waals surface area contributed by atoms with Gasteiger partial charge in [0.05, 0.1) is 0 Å². The summed E-state index contributed by atoms with van der Waals surface area (Å²) < 4.78 is 13.5. The molecule has 2 aliphatic heterocycles. The molecule has 1 atom stereocenters. The van der Waals surface area contributed by atoms with Crippen LogP contribution in [0.15, 0.2) is 36.4 Å². The molecule has 1 saturated heterocycles. The van der Waals surface area contributed by atoms with E-state index in [9.17, 15) is 18.8 Å². The number of carbonyl (C=O) groups is 3. The Bertz CT molecular complexity index is 1040. The Morgan fingerprint density at radius 2 is 2.00 bits per heavy atom. The van der Waals surface area contributed by atoms with Crippen molar-refractivity contribution in [2.24, 2.45) is 5.92 Å². The SMILES string of the molecule is CCC(=O)N1CCc2cc(N3CCC(C(=O)NCc4cc(F)cc(Cl)c4)C3=O)ccc21. The lowest BCUT2D eigenvalue weighted by atomic mass is 10.1. The zero-order valence-corrected chi connectivity index (χ0v) is 17.9. The fraction of sp³-hybridized carbons (Fsp3) is 0.348. The smallest absolute Gasteiger partial charge is 0.239 e. The summed E-state index contributed by atoms with van der Waals surface area (Å²) >= 11 is 5.84. The highest BCUT2D eigenvalue weighted by Gasteiger charge is 2.38. The van der Waals surface area contributed by atoms with Gasteiger partial charge in [0.25, 0.3) is 0 Å². The number of amides is 3. The molecule has 4 rings (SSSR count). The number of fused-ring (bicyclic) bond motifs is 1. The van der Waals surface area contributed by atoms with Gasteiger partial charge in [-0.25, -0.2) is 4.39 Å². The molecule has 0 bridgehead atoms. The van der Waals surface area contributed by atoms with Gasteiger partial charge in [-0.3, -0.25) is 14.4 Å². The van der Waals surface area contributed by atoms with E-state index in [1.54, 1.807) is 15.9 Å². The van der Waals surface area contributed by atoms with Crippen molar-refractivity contribution in [3.63, 3.8) is 0 Å². The van der Waals surface area contributed by atoms with Gasteiger partial charge in [-0.15, -0.1) is 0 Å². The van der Waals surface area contributed by atoms with E-state index in [2.05, 4.69) is 5.32 Å². The fourth-order valence-corrected chi connectivity index (χ4v) is 4.46. The maximum atomic E-state index is 13.5. The van der Waals surface area contributed by atoms with Crippen molar-refractivity contribution >= 4 is 40.7 Å². The molecule has 8 heteroatoms. The van der Waals surface area contributed by atoms with E-state index in [0.717, 1.165) is 23.4 Å². The number of anilines is 2. The molecule has 2 aromatic rings. The minimum atomic E-state index is -0.782. The lowest BCUT2D eigenvalue weighted by molar-refractivity contribution is -0.132. The molecule has 6 nitrogen and oxygen atoms in total. The van der Waals surface area contributed by atoms with Crippen LogP contribution in [0.3, 0.4) is 0 Å². The van der Waals surface area contributed by atoms with Gasteiger partial charge in [0, 0.05) is 42.5 Å². The first-order chi connectivity index (χ1) is 14.9. The van der Waals surface area contributed by atoms with Gasteiger partial charge in [-0.2, -0.15) is 0 Å². The topological polar surface area (TPSA) is 69.7 Å². The highest BCUT2D eigenvalue weighted by Crippen LogP contribution is 2.34. The van der Waals surface area contributed by atoms with Crippen LogP contribution >= 0.6 is 11.6 Å². The average Bonchev–Trinajstić information content (AvgIpc) is 3.33. The van der Waals surface area contributed by atoms with Crippen molar-refractivity contribution in [2.75, 3.05) is 22.9 Å². The summed E-state index contributed by atoms with van der Waals surface area (Å²) in [6.45, 7) is 3.03. The van der Waals surface area contributed by atoms with Crippen LogP contribution in [0.4, 0.5) is 15.8 Å². The standard InChI is InChI=1S/C23H23ClFN3O3/c1-2-21(29)28-7-5-15-11-18(3-4-20(15)28)27-8-6-19(23(27)31)22(30)26-13-14-9-16(24)12-17(25)10-14/h3-4,9-12,19H,2,5-8,13H2,1H3,(H,26,30). The van der Waals surface area contributed by atoms with Crippen molar-refractivity contribution in [3.8, 4) is 0 Å². The Kier molecular flexibility index (Phi) is 5.96. The number of benzene rings is 2. The maximum Gasteiger partial charge on any atom is 0.239 e. The van der Waals surface area contributed by atoms with E-state index in [1.807, 2.05) is 25.1 Å². The molecule has 2 aromatic carbocycles. The summed E-state index contributed by atoms with van der Waals surface area (Å²) in [7, 11) is 0. The summed E-state index contributed by atoms with van der Waals surface area (Å²) in [5, 5.41) is 2.96. The Labute approximate surface area is 185 Å². The lowest BCUT2D eigenvalue weighted by Crippen LogP contribution is -2.36. The Morgan fingerprint density at radius 1 is 1.19 bits per heavy atom. The Balaban J connectivity index is 1.42. The second kappa shape index (κ2) is 8.67. The van der Waals surface area contributed by atoms with Crippen LogP contribution in [-0.2, 0) is 27.3 Å². The van der Waals surface area contributed by atoms with E-state index in [0.29, 0.717) is 31.5 Å². The van der Waals surface area contributed by atoms with E-state index < -0.39 is 11.7 Å². The molecule has 31 heavy (non-hydrogen) atoms. The number of nitrogens with one attached hydrogen (secondary N) is 1. The van der Waals surface area contributed by atoms with Gasteiger partial charge in [0.15, 0.2) is 0 Å². The molecule has 162 valence electrons. The van der Waals surface area contributed by atoms with Gasteiger partial charge in [0.1, 0.15) is 11.7 Å². The van der Waals surface area contributed by atoms with Gasteiger partial charge < -0.3 is 15.1 Å². The first-order valence-corrected chi connectivity index (χ1v) is 10.7. The molecule has 0 aromatic heterocycles. The molecular weight excluding hydrogens is 421 g/mol. The van der Waals surface area contributed by atoms with Gasteiger partial charge in [-0.1, -0.05) is 18.5 Å². The number of halogens is 2. The highest BCUT2D eigenvalue weighted by atomic mass is 35.5. The predicted molar refractivity (Wildman–Crippen MR) is 117 cm³/mol. The normalized spacial score (nSPS) is 17.8. The molecule has 0 saturated carbocycles. The second-order valence-corrected chi connectivity index (χ2v) is 8.23. The maximum absolute atomic E-state index is 13.5. The number of rotatable bonds is 5. The average molecular weight is 444 g/mol. The number of hydrogen-bond acceptors (Lipinski definition) is 3. The minimum Gasteiger partial charge on any atom is -0.351 e. The van der Waals surface area contributed by atoms with Crippen molar-refractivity contribution in [1.29, 1.82) is 0 Å². The Hall–Kier alpha value is -2.93. The summed E-state index contributed by atoms with van der Waals surface area (Å²) in [5.74, 6) is -1.81. The first-order valence-electron chi connectivity index (χ1n) is 10.3. The van der Waals surface area contributed by atoms with Crippen molar-refractivity contribution in [3.05, 3.63) is 58.4 Å². The molecule has 2 heterocycles. The zero-order valence-electron chi connectivity index (χ0n) is 17.2. The van der Waals surface area contributed by atoms with Crippen molar-refractivity contribution in [1.82, 2.24) is 5.32 Å². The monoisotopic (exact) mass is 443 g/mol. The Morgan fingerprint density at radius 3 is 2.74 bits per heavy atom. The fourth-order valence-electron chi connectivity index (χ4n) is 4.21. The third-order valence-electron chi connectivity index (χ3n) is 5.78. The molecule has 0 aliphatic carbocycles. The van der Waals surface area contributed by atoms with E-state index >= 15 is 0 Å². The first kappa shape index (κ1) is 21.3. The predicted octanol–water partition coefficient (Wildman–Crippen LogP) is 3.45. The molecule has 1 fully saturated rings. The molecule has 3 amide bonds. The number of carbonyl (C=O) groups excluding carboxylic acids is 3. The summed E-state index contributed by atoms with van der Waals surface area (Å²) in [4.78, 5) is 41.0. The molecule has 2 aliphatic rings. The van der Waals surface area contributed by atoms with E-state index in [1.165, 1.54) is 12.1 Å². The van der Waals surface area contributed by atoms with Gasteiger partial charge in [0.2, 0.25) is 17.7 Å². The van der Waals surface area contributed by atoms with Crippen LogP contribution in [0.2, 0.25) is 5.02 Å². The molecule has 1 N–H and O–H groups in total. The van der Waals surface area contributed by atoms with Crippen molar-refractivity contribution in [2.45, 2.75) is 32.7 Å². The van der Waals surface area contributed by atoms with Crippen LogP contribution in [0.25, 0.3) is 0 Å². The summed E-state index contributed by atoms with van der Waals surface area (Å²) in [5.41, 5.74) is 3.19. The summed E-state index contributed by atoms with van der Waals surface area (Å²) in [6, 6.07) is 9.70.